The molecule has 1 atom stereocenters. The van der Waals surface area contributed by atoms with Gasteiger partial charge in [-0.25, -0.2) is 4.39 Å². The van der Waals surface area contributed by atoms with Gasteiger partial charge in [-0.2, -0.15) is 0 Å². The molecule has 1 aliphatic rings. The topological polar surface area (TPSA) is 84.6 Å². The fraction of sp³-hybridized carbons (Fsp3) is 0.133. The summed E-state index contributed by atoms with van der Waals surface area (Å²) in [4.78, 5) is 11.1. The molecule has 2 aromatic carbocycles. The number of carbonyl (C=O) groups is 1. The van der Waals surface area contributed by atoms with Crippen molar-refractivity contribution in [2.75, 3.05) is 11.9 Å². The lowest BCUT2D eigenvalue weighted by molar-refractivity contribution is 0.0996. The van der Waals surface area contributed by atoms with Crippen LogP contribution in [-0.4, -0.2) is 17.6 Å². The van der Waals surface area contributed by atoms with Crippen molar-refractivity contribution in [2.45, 2.75) is 6.04 Å². The SMILES string of the molecule is NC(=O)c1cc(NC2COc3cc(O)ccc32)ccc1F. The Morgan fingerprint density at radius 2 is 2.14 bits per heavy atom. The van der Waals surface area contributed by atoms with Crippen LogP contribution in [0.15, 0.2) is 36.4 Å². The highest BCUT2D eigenvalue weighted by Gasteiger charge is 2.24. The molecule has 0 saturated carbocycles. The largest absolute Gasteiger partial charge is 0.508 e. The summed E-state index contributed by atoms with van der Waals surface area (Å²) in [5, 5.41) is 12.6. The summed E-state index contributed by atoms with van der Waals surface area (Å²) in [7, 11) is 0. The Morgan fingerprint density at radius 1 is 1.33 bits per heavy atom. The number of primary amides is 1. The van der Waals surface area contributed by atoms with Crippen molar-refractivity contribution in [1.82, 2.24) is 0 Å². The fourth-order valence-corrected chi connectivity index (χ4v) is 2.32. The Balaban J connectivity index is 1.86. The van der Waals surface area contributed by atoms with Gasteiger partial charge in [-0.3, -0.25) is 4.79 Å². The Bertz CT molecular complexity index is 718. The van der Waals surface area contributed by atoms with Gasteiger partial charge in [-0.1, -0.05) is 0 Å². The Hall–Kier alpha value is -2.76. The summed E-state index contributed by atoms with van der Waals surface area (Å²) in [6, 6.07) is 8.81. The average Bonchev–Trinajstić information content (AvgIpc) is 2.83. The molecule has 1 aliphatic heterocycles. The number of benzene rings is 2. The molecular weight excluding hydrogens is 275 g/mol. The highest BCUT2D eigenvalue weighted by Crippen LogP contribution is 2.36. The van der Waals surface area contributed by atoms with Crippen LogP contribution in [0.5, 0.6) is 11.5 Å². The standard InChI is InChI=1S/C15H13FN2O3/c16-12-4-1-8(5-11(12)15(17)20)18-13-7-21-14-6-9(19)2-3-10(13)14/h1-6,13,18-19H,7H2,(H2,17,20). The Kier molecular flexibility index (Phi) is 3.13. The average molecular weight is 288 g/mol. The molecule has 0 saturated heterocycles. The second-order valence-corrected chi connectivity index (χ2v) is 4.79. The van der Waals surface area contributed by atoms with Crippen molar-refractivity contribution in [2.24, 2.45) is 5.73 Å². The second kappa shape index (κ2) is 4.97. The minimum absolute atomic E-state index is 0.132. The zero-order valence-corrected chi connectivity index (χ0v) is 11.0. The van der Waals surface area contributed by atoms with Gasteiger partial charge >= 0.3 is 0 Å². The smallest absolute Gasteiger partial charge is 0.251 e. The first-order valence-electron chi connectivity index (χ1n) is 6.36. The van der Waals surface area contributed by atoms with Gasteiger partial charge in [0.2, 0.25) is 0 Å². The van der Waals surface area contributed by atoms with Crippen molar-refractivity contribution >= 4 is 11.6 Å². The second-order valence-electron chi connectivity index (χ2n) is 4.79. The minimum Gasteiger partial charge on any atom is -0.508 e. The van der Waals surface area contributed by atoms with Gasteiger partial charge in [0.1, 0.15) is 23.9 Å². The number of halogens is 1. The number of anilines is 1. The van der Waals surface area contributed by atoms with Crippen LogP contribution in [0, 0.1) is 5.82 Å². The number of ether oxygens (including phenoxy) is 1. The molecule has 2 aromatic rings. The summed E-state index contributed by atoms with van der Waals surface area (Å²) >= 11 is 0. The number of rotatable bonds is 3. The molecule has 0 fully saturated rings. The Morgan fingerprint density at radius 3 is 2.90 bits per heavy atom. The van der Waals surface area contributed by atoms with E-state index in [-0.39, 0.29) is 17.4 Å². The van der Waals surface area contributed by atoms with Gasteiger partial charge in [0.05, 0.1) is 11.6 Å². The minimum atomic E-state index is -0.816. The van der Waals surface area contributed by atoms with Gasteiger partial charge < -0.3 is 20.9 Å². The van der Waals surface area contributed by atoms with Crippen molar-refractivity contribution < 1.29 is 19.0 Å². The maximum atomic E-state index is 13.4. The van der Waals surface area contributed by atoms with Gasteiger partial charge in [-0.15, -0.1) is 0 Å². The first kappa shape index (κ1) is 13.2. The van der Waals surface area contributed by atoms with E-state index in [1.54, 1.807) is 12.1 Å². The van der Waals surface area contributed by atoms with Crippen molar-refractivity contribution in [3.63, 3.8) is 0 Å². The van der Waals surface area contributed by atoms with Gasteiger partial charge in [0, 0.05) is 17.3 Å². The lowest BCUT2D eigenvalue weighted by Crippen LogP contribution is -2.15. The lowest BCUT2D eigenvalue weighted by Gasteiger charge is -2.14. The fourth-order valence-electron chi connectivity index (χ4n) is 2.32. The maximum absolute atomic E-state index is 13.4. The highest BCUT2D eigenvalue weighted by molar-refractivity contribution is 5.94. The van der Waals surface area contributed by atoms with Crippen LogP contribution in [0.25, 0.3) is 0 Å². The molecular formula is C15H13FN2O3. The molecule has 0 radical (unpaired) electrons. The molecule has 0 aromatic heterocycles. The first-order chi connectivity index (χ1) is 10.0. The molecule has 1 heterocycles. The molecule has 5 nitrogen and oxygen atoms in total. The summed E-state index contributed by atoms with van der Waals surface area (Å²) in [5.41, 5.74) is 6.42. The van der Waals surface area contributed by atoms with E-state index in [1.165, 1.54) is 24.3 Å². The third-order valence-corrected chi connectivity index (χ3v) is 3.35. The number of carbonyl (C=O) groups excluding carboxylic acids is 1. The molecule has 1 amide bonds. The van der Waals surface area contributed by atoms with E-state index in [9.17, 15) is 14.3 Å². The summed E-state index contributed by atoms with van der Waals surface area (Å²) < 4.78 is 18.9. The van der Waals surface area contributed by atoms with E-state index < -0.39 is 11.7 Å². The zero-order chi connectivity index (χ0) is 15.0. The van der Waals surface area contributed by atoms with E-state index in [4.69, 9.17) is 10.5 Å². The summed E-state index contributed by atoms with van der Waals surface area (Å²) in [5.74, 6) is -0.734. The first-order valence-corrected chi connectivity index (χ1v) is 6.36. The number of nitrogens with one attached hydrogen (secondary N) is 1. The van der Waals surface area contributed by atoms with Crippen molar-refractivity contribution in [3.8, 4) is 11.5 Å². The number of nitrogens with two attached hydrogens (primary N) is 1. The van der Waals surface area contributed by atoms with Crippen molar-refractivity contribution in [3.05, 3.63) is 53.3 Å². The highest BCUT2D eigenvalue weighted by atomic mass is 19.1. The zero-order valence-electron chi connectivity index (χ0n) is 11.0. The third kappa shape index (κ3) is 2.47. The number of fused-ring (bicyclic) bond motifs is 1. The molecule has 0 spiro atoms. The van der Waals surface area contributed by atoms with Crippen LogP contribution in [0.1, 0.15) is 22.0 Å². The third-order valence-electron chi connectivity index (χ3n) is 3.35. The van der Waals surface area contributed by atoms with E-state index in [0.29, 0.717) is 18.0 Å². The maximum Gasteiger partial charge on any atom is 0.251 e. The van der Waals surface area contributed by atoms with Crippen LogP contribution in [-0.2, 0) is 0 Å². The van der Waals surface area contributed by atoms with E-state index in [1.807, 2.05) is 0 Å². The number of amides is 1. The van der Waals surface area contributed by atoms with Crippen molar-refractivity contribution in [1.29, 1.82) is 0 Å². The summed E-state index contributed by atoms with van der Waals surface area (Å²) in [6.45, 7) is 0.377. The van der Waals surface area contributed by atoms with E-state index >= 15 is 0 Å². The predicted molar refractivity (Wildman–Crippen MR) is 74.9 cm³/mol. The molecule has 6 heteroatoms. The van der Waals surface area contributed by atoms with Gasteiger partial charge in [0.15, 0.2) is 0 Å². The van der Waals surface area contributed by atoms with Gasteiger partial charge in [0.25, 0.3) is 5.91 Å². The van der Waals surface area contributed by atoms with Crippen LogP contribution >= 0.6 is 0 Å². The normalized spacial score (nSPS) is 16.1. The number of aromatic hydroxyl groups is 1. The van der Waals surface area contributed by atoms with E-state index in [0.717, 1.165) is 5.56 Å². The number of phenolic OH excluding ortho intramolecular Hbond substituents is 1. The number of phenols is 1. The quantitative estimate of drug-likeness (QED) is 0.808. The molecule has 0 bridgehead atoms. The summed E-state index contributed by atoms with van der Waals surface area (Å²) in [6.07, 6.45) is 0. The molecule has 1 unspecified atom stereocenters. The Labute approximate surface area is 120 Å². The number of hydrogen-bond acceptors (Lipinski definition) is 4. The van der Waals surface area contributed by atoms with Crippen LogP contribution in [0.2, 0.25) is 0 Å². The number of hydrogen-bond donors (Lipinski definition) is 3. The molecule has 3 rings (SSSR count). The molecule has 4 N–H and O–H groups in total. The van der Waals surface area contributed by atoms with Crippen LogP contribution in [0.3, 0.4) is 0 Å². The predicted octanol–water partition coefficient (Wildman–Crippen LogP) is 2.18. The monoisotopic (exact) mass is 288 g/mol. The van der Waals surface area contributed by atoms with Crippen LogP contribution < -0.4 is 15.8 Å². The molecule has 108 valence electrons. The lowest BCUT2D eigenvalue weighted by atomic mass is 10.1. The molecule has 21 heavy (non-hydrogen) atoms. The van der Waals surface area contributed by atoms with E-state index in [2.05, 4.69) is 5.32 Å². The van der Waals surface area contributed by atoms with Crippen LogP contribution in [0.4, 0.5) is 10.1 Å². The van der Waals surface area contributed by atoms with Gasteiger partial charge in [-0.05, 0) is 30.3 Å². The molecule has 0 aliphatic carbocycles.